The summed E-state index contributed by atoms with van der Waals surface area (Å²) in [7, 11) is 0. The van der Waals surface area contributed by atoms with Crippen LogP contribution in [0.15, 0.2) is 83.5 Å². The molecule has 5 rings (SSSR count). The van der Waals surface area contributed by atoms with Crippen LogP contribution in [0.4, 0.5) is 10.1 Å². The van der Waals surface area contributed by atoms with Crippen molar-refractivity contribution < 1.29 is 38.1 Å². The molecule has 2 N–H and O–H groups in total. The summed E-state index contributed by atoms with van der Waals surface area (Å²) < 4.78 is 37.1. The number of nitro groups is 1. The van der Waals surface area contributed by atoms with Gasteiger partial charge < -0.3 is 19.3 Å². The number of aliphatic hydroxyl groups excluding tert-OH is 1. The molecule has 0 bridgehead atoms. The Hall–Kier alpha value is -5.40. The number of aromatic nitrogens is 2. The number of carbonyl (C=O) groups excluding carboxylic acids is 1. The molecule has 232 valence electrons. The molecule has 13 heteroatoms. The Kier molecular flexibility index (Phi) is 9.92. The van der Waals surface area contributed by atoms with Crippen molar-refractivity contribution >= 4 is 22.7 Å². The molecule has 0 radical (unpaired) electrons. The molecule has 0 saturated carbocycles. The van der Waals surface area contributed by atoms with Gasteiger partial charge in [-0.05, 0) is 40.5 Å². The van der Waals surface area contributed by atoms with Crippen molar-refractivity contribution in [1.29, 1.82) is 0 Å². The number of esters is 1. The number of carbonyl (C=O) groups is 1. The molecule has 5 aromatic rings. The van der Waals surface area contributed by atoms with Gasteiger partial charge >= 0.3 is 11.7 Å². The quantitative estimate of drug-likeness (QED) is 0.0970. The summed E-state index contributed by atoms with van der Waals surface area (Å²) >= 11 is 0. The van der Waals surface area contributed by atoms with E-state index in [4.69, 9.17) is 18.8 Å². The van der Waals surface area contributed by atoms with Gasteiger partial charge in [0.25, 0.3) is 0 Å². The first-order valence-corrected chi connectivity index (χ1v) is 14.0. The lowest BCUT2D eigenvalue weighted by molar-refractivity contribution is -0.386. The molecule has 12 nitrogen and oxygen atoms in total. The fraction of sp³-hybridized carbons (Fsp3) is 0.219. The third-order valence-corrected chi connectivity index (χ3v) is 6.89. The second-order valence-corrected chi connectivity index (χ2v) is 9.86. The van der Waals surface area contributed by atoms with Crippen LogP contribution in [-0.4, -0.2) is 45.6 Å². The summed E-state index contributed by atoms with van der Waals surface area (Å²) in [5.41, 5.74) is 2.95. The lowest BCUT2D eigenvalue weighted by Crippen LogP contribution is -2.40. The van der Waals surface area contributed by atoms with Gasteiger partial charge in [0.2, 0.25) is 5.75 Å². The van der Waals surface area contributed by atoms with Crippen LogP contribution in [0.25, 0.3) is 22.2 Å². The maximum absolute atomic E-state index is 15.5. The predicted octanol–water partition coefficient (Wildman–Crippen LogP) is 5.11. The van der Waals surface area contributed by atoms with Gasteiger partial charge in [0, 0.05) is 35.4 Å². The van der Waals surface area contributed by atoms with Gasteiger partial charge in [0.15, 0.2) is 0 Å². The third-order valence-electron chi connectivity index (χ3n) is 6.89. The molecular weight excluding hydrogens is 587 g/mol. The van der Waals surface area contributed by atoms with E-state index in [9.17, 15) is 20.0 Å². The van der Waals surface area contributed by atoms with E-state index in [1.165, 1.54) is 12.1 Å². The van der Waals surface area contributed by atoms with Crippen LogP contribution in [0, 0.1) is 15.9 Å². The Morgan fingerprint density at radius 1 is 0.978 bits per heavy atom. The fourth-order valence-corrected chi connectivity index (χ4v) is 4.59. The highest BCUT2D eigenvalue weighted by molar-refractivity contribution is 5.76. The number of fused-ring (bicyclic) bond motifs is 1. The first-order chi connectivity index (χ1) is 21.9. The van der Waals surface area contributed by atoms with Crippen LogP contribution in [0.2, 0.25) is 0 Å². The van der Waals surface area contributed by atoms with Crippen LogP contribution in [0.5, 0.6) is 11.5 Å². The van der Waals surface area contributed by atoms with E-state index in [-0.39, 0.29) is 43.4 Å². The fourth-order valence-electron chi connectivity index (χ4n) is 4.59. The minimum Gasteiger partial charge on any atom is -0.488 e. The smallest absolute Gasteiger partial charge is 0.325 e. The molecule has 45 heavy (non-hydrogen) atoms. The van der Waals surface area contributed by atoms with Crippen molar-refractivity contribution in [2.45, 2.75) is 32.7 Å². The predicted molar refractivity (Wildman–Crippen MR) is 160 cm³/mol. The van der Waals surface area contributed by atoms with Crippen molar-refractivity contribution in [3.05, 3.63) is 111 Å². The number of ether oxygens (including phenoxy) is 3. The van der Waals surface area contributed by atoms with E-state index in [0.29, 0.717) is 33.3 Å². The zero-order valence-electron chi connectivity index (χ0n) is 24.1. The molecule has 0 fully saturated rings. The number of rotatable bonds is 14. The van der Waals surface area contributed by atoms with Crippen molar-refractivity contribution in [2.24, 2.45) is 0 Å². The van der Waals surface area contributed by atoms with Gasteiger partial charge in [-0.15, -0.1) is 0 Å². The van der Waals surface area contributed by atoms with Crippen LogP contribution >= 0.6 is 0 Å². The Bertz CT molecular complexity index is 1800. The number of benzene rings is 4. The maximum Gasteiger partial charge on any atom is 0.325 e. The Labute approximate surface area is 256 Å². The van der Waals surface area contributed by atoms with Crippen LogP contribution in [0.1, 0.15) is 23.6 Å². The number of halogens is 1. The van der Waals surface area contributed by atoms with Crippen LogP contribution < -0.4 is 14.8 Å². The van der Waals surface area contributed by atoms with Gasteiger partial charge in [0.1, 0.15) is 41.9 Å². The molecule has 0 spiro atoms. The number of hydrogen-bond donors (Lipinski definition) is 2. The standard InChI is InChI=1S/C32H29FN4O8/c1-2-42-32(39)27(17-38)34-16-23-14-28(37(40)41)30(15-29(23)43-18-20-11-12-25-26(13-20)36-45-35-25)44-19-22-9-6-10-24(31(22)33)21-7-4-3-5-8-21/h3-15,27,34,38H,2,16-19H2,1H3/t27-/m1/s1. The minimum absolute atomic E-state index is 0.0299. The second-order valence-electron chi connectivity index (χ2n) is 9.86. The molecule has 0 unspecified atom stereocenters. The molecule has 1 atom stereocenters. The van der Waals surface area contributed by atoms with E-state index in [1.807, 2.05) is 6.07 Å². The van der Waals surface area contributed by atoms with Crippen molar-refractivity contribution in [2.75, 3.05) is 13.2 Å². The molecule has 1 heterocycles. The van der Waals surface area contributed by atoms with E-state index in [1.54, 1.807) is 67.6 Å². The molecule has 0 aliphatic heterocycles. The summed E-state index contributed by atoms with van der Waals surface area (Å²) in [5, 5.41) is 32.3. The largest absolute Gasteiger partial charge is 0.488 e. The zero-order valence-corrected chi connectivity index (χ0v) is 24.1. The highest BCUT2D eigenvalue weighted by Crippen LogP contribution is 2.36. The van der Waals surface area contributed by atoms with Crippen molar-refractivity contribution in [3.63, 3.8) is 0 Å². The van der Waals surface area contributed by atoms with Gasteiger partial charge in [0.05, 0.1) is 18.1 Å². The van der Waals surface area contributed by atoms with Crippen molar-refractivity contribution in [1.82, 2.24) is 15.6 Å². The van der Waals surface area contributed by atoms with Crippen molar-refractivity contribution in [3.8, 4) is 22.6 Å². The topological polar surface area (TPSA) is 159 Å². The molecule has 0 aliphatic carbocycles. The lowest BCUT2D eigenvalue weighted by Gasteiger charge is -2.18. The number of nitrogens with zero attached hydrogens (tertiary/aromatic N) is 3. The average Bonchev–Trinajstić information content (AvgIpc) is 3.52. The summed E-state index contributed by atoms with van der Waals surface area (Å²) in [6, 6.07) is 20.6. The third kappa shape index (κ3) is 7.40. The molecule has 1 aromatic heterocycles. The van der Waals surface area contributed by atoms with E-state index < -0.39 is 35.0 Å². The number of nitro benzene ring substituents is 1. The number of hydrogen-bond acceptors (Lipinski definition) is 11. The first-order valence-electron chi connectivity index (χ1n) is 14.0. The highest BCUT2D eigenvalue weighted by Gasteiger charge is 2.24. The first kappa shape index (κ1) is 31.0. The van der Waals surface area contributed by atoms with Gasteiger partial charge in [-0.1, -0.05) is 54.6 Å². The van der Waals surface area contributed by atoms with Gasteiger partial charge in [-0.25, -0.2) is 9.02 Å². The van der Waals surface area contributed by atoms with E-state index in [2.05, 4.69) is 15.6 Å². The highest BCUT2D eigenvalue weighted by atomic mass is 19.1. The molecular formula is C32H29FN4O8. The zero-order chi connectivity index (χ0) is 31.8. The minimum atomic E-state index is -1.07. The maximum atomic E-state index is 15.5. The summed E-state index contributed by atoms with van der Waals surface area (Å²) in [4.78, 5) is 23.7. The number of aliphatic hydroxyl groups is 1. The average molecular weight is 617 g/mol. The lowest BCUT2D eigenvalue weighted by atomic mass is 10.0. The SMILES string of the molecule is CCOC(=O)[C@@H](CO)NCc1cc([N+](=O)[O-])c(OCc2cccc(-c3ccccc3)c2F)cc1OCc1ccc2nonc2c1. The summed E-state index contributed by atoms with van der Waals surface area (Å²) in [5.74, 6) is -1.13. The normalized spacial score (nSPS) is 11.7. The summed E-state index contributed by atoms with van der Waals surface area (Å²) in [6.07, 6.45) is 0. The summed E-state index contributed by atoms with van der Waals surface area (Å²) in [6.45, 7) is 0.829. The Morgan fingerprint density at radius 2 is 1.76 bits per heavy atom. The van der Waals surface area contributed by atoms with Crippen LogP contribution in [0.3, 0.4) is 0 Å². The Morgan fingerprint density at radius 3 is 2.51 bits per heavy atom. The molecule has 0 aliphatic rings. The van der Waals surface area contributed by atoms with Gasteiger partial charge in [-0.2, -0.15) is 0 Å². The number of nitrogens with one attached hydrogen (secondary N) is 1. The van der Waals surface area contributed by atoms with E-state index in [0.717, 1.165) is 0 Å². The molecule has 0 amide bonds. The van der Waals surface area contributed by atoms with E-state index >= 15 is 4.39 Å². The second kappa shape index (κ2) is 14.4. The van der Waals surface area contributed by atoms with Crippen LogP contribution in [-0.2, 0) is 29.3 Å². The molecule has 4 aromatic carbocycles. The van der Waals surface area contributed by atoms with Gasteiger partial charge in [-0.3, -0.25) is 20.2 Å². The monoisotopic (exact) mass is 616 g/mol. The molecule has 0 saturated heterocycles. The Balaban J connectivity index is 1.44.